The number of rotatable bonds is 15. The van der Waals surface area contributed by atoms with Crippen molar-refractivity contribution in [1.29, 1.82) is 0 Å². The summed E-state index contributed by atoms with van der Waals surface area (Å²) in [5, 5.41) is 0. The molecule has 1 unspecified atom stereocenters. The maximum absolute atomic E-state index is 11.6. The Bertz CT molecular complexity index is 367. The third kappa shape index (κ3) is 12.4. The lowest BCUT2D eigenvalue weighted by Crippen LogP contribution is -2.31. The molecule has 0 saturated carbocycles. The molecule has 25 heavy (non-hydrogen) atoms. The van der Waals surface area contributed by atoms with Gasteiger partial charge in [-0.05, 0) is 45.9 Å². The number of amides is 1. The Morgan fingerprint density at radius 2 is 1.32 bits per heavy atom. The summed E-state index contributed by atoms with van der Waals surface area (Å²) in [5.74, 6) is -0.266. The van der Waals surface area contributed by atoms with Gasteiger partial charge in [-0.1, -0.05) is 71.6 Å². The first-order chi connectivity index (χ1) is 11.5. The molecule has 0 aliphatic rings. The number of unbranched alkanes of at least 4 members (excludes halogenated alkanes) is 9. The van der Waals surface area contributed by atoms with Crippen LogP contribution in [0.2, 0.25) is 0 Å². The summed E-state index contributed by atoms with van der Waals surface area (Å²) in [7, 11) is 4.17. The van der Waals surface area contributed by atoms with Crippen LogP contribution in [-0.2, 0) is 4.79 Å². The van der Waals surface area contributed by atoms with Crippen LogP contribution in [-0.4, -0.2) is 30.9 Å². The van der Waals surface area contributed by atoms with Crippen molar-refractivity contribution in [3.8, 4) is 0 Å². The highest BCUT2D eigenvalue weighted by atomic mass is 35.5. The third-order valence-corrected chi connectivity index (χ3v) is 5.06. The Kier molecular flexibility index (Phi) is 18.0. The van der Waals surface area contributed by atoms with Crippen LogP contribution < -0.4 is 5.73 Å². The number of nitrogens with two attached hydrogens (primary N) is 1. The van der Waals surface area contributed by atoms with Gasteiger partial charge in [0.2, 0.25) is 5.91 Å². The summed E-state index contributed by atoms with van der Waals surface area (Å²) >= 11 is 0. The zero-order valence-corrected chi connectivity index (χ0v) is 18.2. The Balaban J connectivity index is 0. The molecule has 150 valence electrons. The van der Waals surface area contributed by atoms with Crippen LogP contribution in [0.15, 0.2) is 11.1 Å². The van der Waals surface area contributed by atoms with Crippen LogP contribution in [0.25, 0.3) is 0 Å². The van der Waals surface area contributed by atoms with Crippen molar-refractivity contribution in [1.82, 2.24) is 4.90 Å². The fraction of sp³-hybridized carbons (Fsp3) is 0.857. The Labute approximate surface area is 163 Å². The van der Waals surface area contributed by atoms with Gasteiger partial charge in [-0.25, -0.2) is 0 Å². The lowest BCUT2D eigenvalue weighted by atomic mass is 9.92. The molecule has 0 aromatic heterocycles. The fourth-order valence-electron chi connectivity index (χ4n) is 3.49. The second kappa shape index (κ2) is 16.9. The summed E-state index contributed by atoms with van der Waals surface area (Å²) in [6.07, 6.45) is 15.4. The molecule has 0 spiro atoms. The molecule has 2 N–H and O–H groups in total. The molecule has 0 bridgehead atoms. The van der Waals surface area contributed by atoms with Crippen molar-refractivity contribution < 1.29 is 4.79 Å². The Morgan fingerprint density at radius 3 is 1.68 bits per heavy atom. The summed E-state index contributed by atoms with van der Waals surface area (Å²) in [6.45, 7) is 6.33. The number of hydrogen-bond acceptors (Lipinski definition) is 2. The lowest BCUT2D eigenvalue weighted by molar-refractivity contribution is -0.114. The SMILES string of the molecule is CCCCCCCCCCCCC(=C(C)C(N)=O)C(CC)N(C)C.Cl. The van der Waals surface area contributed by atoms with Crippen LogP contribution >= 0.6 is 12.4 Å². The van der Waals surface area contributed by atoms with E-state index in [1.807, 2.05) is 6.92 Å². The third-order valence-electron chi connectivity index (χ3n) is 5.06. The van der Waals surface area contributed by atoms with Crippen molar-refractivity contribution in [3.05, 3.63) is 11.1 Å². The fourth-order valence-corrected chi connectivity index (χ4v) is 3.49. The molecule has 0 heterocycles. The average Bonchev–Trinajstić information content (AvgIpc) is 2.54. The van der Waals surface area contributed by atoms with E-state index in [4.69, 9.17) is 5.73 Å². The van der Waals surface area contributed by atoms with Crippen LogP contribution in [0, 0.1) is 0 Å². The van der Waals surface area contributed by atoms with Gasteiger partial charge in [-0.3, -0.25) is 4.79 Å². The van der Waals surface area contributed by atoms with E-state index in [-0.39, 0.29) is 18.3 Å². The van der Waals surface area contributed by atoms with Gasteiger partial charge in [0.15, 0.2) is 0 Å². The topological polar surface area (TPSA) is 46.3 Å². The van der Waals surface area contributed by atoms with Gasteiger partial charge < -0.3 is 10.6 Å². The van der Waals surface area contributed by atoms with Crippen LogP contribution in [0.5, 0.6) is 0 Å². The number of nitrogens with zero attached hydrogens (tertiary/aromatic N) is 1. The van der Waals surface area contributed by atoms with Gasteiger partial charge in [0.05, 0.1) is 0 Å². The molecule has 0 saturated heterocycles. The van der Waals surface area contributed by atoms with Crippen molar-refractivity contribution in [3.63, 3.8) is 0 Å². The number of carbonyl (C=O) groups is 1. The van der Waals surface area contributed by atoms with E-state index in [0.29, 0.717) is 6.04 Å². The number of carbonyl (C=O) groups excluding carboxylic acids is 1. The van der Waals surface area contributed by atoms with E-state index < -0.39 is 0 Å². The average molecular weight is 375 g/mol. The summed E-state index contributed by atoms with van der Waals surface area (Å²) in [4.78, 5) is 13.8. The maximum Gasteiger partial charge on any atom is 0.244 e. The number of primary amides is 1. The minimum absolute atomic E-state index is 0. The molecule has 0 aromatic rings. The molecular weight excluding hydrogens is 332 g/mol. The second-order valence-electron chi connectivity index (χ2n) is 7.33. The smallest absolute Gasteiger partial charge is 0.244 e. The van der Waals surface area contributed by atoms with Crippen LogP contribution in [0.1, 0.15) is 97.8 Å². The van der Waals surface area contributed by atoms with Gasteiger partial charge >= 0.3 is 0 Å². The first-order valence-corrected chi connectivity index (χ1v) is 10.1. The van der Waals surface area contributed by atoms with E-state index >= 15 is 0 Å². The molecule has 1 amide bonds. The van der Waals surface area contributed by atoms with E-state index in [0.717, 1.165) is 18.4 Å². The van der Waals surface area contributed by atoms with Gasteiger partial charge in [-0.15, -0.1) is 12.4 Å². The normalized spacial score (nSPS) is 13.4. The van der Waals surface area contributed by atoms with E-state index in [9.17, 15) is 4.79 Å². The van der Waals surface area contributed by atoms with Crippen LogP contribution in [0.3, 0.4) is 0 Å². The highest BCUT2D eigenvalue weighted by molar-refractivity contribution is 5.92. The molecule has 0 fully saturated rings. The number of hydrogen-bond donors (Lipinski definition) is 1. The second-order valence-corrected chi connectivity index (χ2v) is 7.33. The van der Waals surface area contributed by atoms with Gasteiger partial charge in [0.1, 0.15) is 0 Å². The minimum Gasteiger partial charge on any atom is -0.366 e. The number of likely N-dealkylation sites (N-methyl/N-ethyl adjacent to an activating group) is 1. The molecule has 4 heteroatoms. The van der Waals surface area contributed by atoms with Gasteiger partial charge in [-0.2, -0.15) is 0 Å². The first kappa shape index (κ1) is 26.7. The lowest BCUT2D eigenvalue weighted by Gasteiger charge is -2.27. The Hall–Kier alpha value is -0.540. The molecular formula is C21H43ClN2O. The summed E-state index contributed by atoms with van der Waals surface area (Å²) < 4.78 is 0. The van der Waals surface area contributed by atoms with Crippen LogP contribution in [0.4, 0.5) is 0 Å². The quantitative estimate of drug-likeness (QED) is 0.288. The molecule has 1 atom stereocenters. The highest BCUT2D eigenvalue weighted by Crippen LogP contribution is 2.23. The first-order valence-electron chi connectivity index (χ1n) is 10.1. The highest BCUT2D eigenvalue weighted by Gasteiger charge is 2.18. The molecule has 0 aliphatic carbocycles. The van der Waals surface area contributed by atoms with Gasteiger partial charge in [0.25, 0.3) is 0 Å². The number of halogens is 1. The summed E-state index contributed by atoms with van der Waals surface area (Å²) in [5.41, 5.74) is 7.55. The Morgan fingerprint density at radius 1 is 0.880 bits per heavy atom. The van der Waals surface area contributed by atoms with Crippen molar-refractivity contribution in [2.75, 3.05) is 14.1 Å². The van der Waals surface area contributed by atoms with E-state index in [1.54, 1.807) is 0 Å². The standard InChI is InChI=1S/C21H42N2O.ClH/c1-6-8-9-10-11-12-13-14-15-16-17-19(18(3)21(22)24)20(7-2)23(4)5;/h20H,6-17H2,1-5H3,(H2,22,24);1H. The molecule has 0 radical (unpaired) electrons. The van der Waals surface area contributed by atoms with Gasteiger partial charge in [0, 0.05) is 11.6 Å². The zero-order valence-electron chi connectivity index (χ0n) is 17.4. The monoisotopic (exact) mass is 374 g/mol. The maximum atomic E-state index is 11.6. The minimum atomic E-state index is -0.266. The van der Waals surface area contributed by atoms with Crippen molar-refractivity contribution in [2.24, 2.45) is 5.73 Å². The van der Waals surface area contributed by atoms with E-state index in [1.165, 1.54) is 69.8 Å². The predicted octanol–water partition coefficient (Wildman–Crippen LogP) is 5.86. The molecule has 3 nitrogen and oxygen atoms in total. The molecule has 0 rings (SSSR count). The molecule has 0 aliphatic heterocycles. The largest absolute Gasteiger partial charge is 0.366 e. The zero-order chi connectivity index (χ0) is 18.4. The summed E-state index contributed by atoms with van der Waals surface area (Å²) in [6, 6.07) is 0.330. The van der Waals surface area contributed by atoms with Crippen molar-refractivity contribution >= 4 is 18.3 Å². The molecule has 0 aromatic carbocycles. The van der Waals surface area contributed by atoms with Crippen molar-refractivity contribution in [2.45, 2.75) is 104 Å². The van der Waals surface area contributed by atoms with E-state index in [2.05, 4.69) is 32.8 Å². The predicted molar refractivity (Wildman–Crippen MR) is 113 cm³/mol.